The van der Waals surface area contributed by atoms with Crippen molar-refractivity contribution in [1.29, 1.82) is 5.26 Å². The Morgan fingerprint density at radius 3 is 2.63 bits per heavy atom. The Morgan fingerprint density at radius 2 is 1.88 bits per heavy atom. The molecule has 14 heteroatoms. The number of aromatic amines is 1. The van der Waals surface area contributed by atoms with Crippen LogP contribution in [0.2, 0.25) is 0 Å². The summed E-state index contributed by atoms with van der Waals surface area (Å²) in [4.78, 5) is 36.2. The first kappa shape index (κ1) is 36.4. The van der Waals surface area contributed by atoms with Gasteiger partial charge in [-0.2, -0.15) is 5.26 Å². The van der Waals surface area contributed by atoms with Crippen LogP contribution in [-0.2, 0) is 32.7 Å². The van der Waals surface area contributed by atoms with Gasteiger partial charge in [-0.25, -0.2) is 4.79 Å². The summed E-state index contributed by atoms with van der Waals surface area (Å²) in [5.74, 6) is 1.08. The number of hydrogen-bond acceptors (Lipinski definition) is 13. The Labute approximate surface area is 334 Å². The summed E-state index contributed by atoms with van der Waals surface area (Å²) in [6.07, 6.45) is 1.22. The monoisotopic (exact) mass is 791 g/mol. The fourth-order valence-corrected chi connectivity index (χ4v) is 13.2. The molecule has 2 saturated heterocycles. The number of carbonyl (C=O) groups excluding carboxylic acids is 2. The van der Waals surface area contributed by atoms with E-state index in [-0.39, 0.29) is 37.0 Å². The van der Waals surface area contributed by atoms with E-state index in [1.807, 2.05) is 39.1 Å². The molecular formula is C43H45N5O8S. The van der Waals surface area contributed by atoms with Gasteiger partial charge < -0.3 is 33.8 Å². The Hall–Kier alpha value is -4.94. The average Bonchev–Trinajstić information content (AvgIpc) is 3.81. The third-order valence-electron chi connectivity index (χ3n) is 13.5. The van der Waals surface area contributed by atoms with Crippen molar-refractivity contribution in [1.82, 2.24) is 20.1 Å². The van der Waals surface area contributed by atoms with Crippen LogP contribution < -0.4 is 24.3 Å². The number of aromatic hydroxyl groups is 1. The first-order valence-electron chi connectivity index (χ1n) is 19.5. The van der Waals surface area contributed by atoms with Gasteiger partial charge >= 0.3 is 11.9 Å². The molecule has 296 valence electrons. The lowest BCUT2D eigenvalue weighted by Gasteiger charge is -2.67. The van der Waals surface area contributed by atoms with E-state index in [4.69, 9.17) is 23.7 Å². The Kier molecular flexibility index (Phi) is 8.00. The molecule has 11 rings (SSSR count). The number of nitriles is 1. The maximum Gasteiger partial charge on any atom is 0.333 e. The van der Waals surface area contributed by atoms with Gasteiger partial charge in [-0.15, -0.1) is 11.8 Å². The van der Waals surface area contributed by atoms with Gasteiger partial charge in [-0.1, -0.05) is 24.3 Å². The fraction of sp³-hybridized carbons (Fsp3) is 0.465. The van der Waals surface area contributed by atoms with Crippen LogP contribution in [0.4, 0.5) is 0 Å². The van der Waals surface area contributed by atoms with Crippen LogP contribution in [0.15, 0.2) is 30.3 Å². The molecule has 8 heterocycles. The third kappa shape index (κ3) is 4.68. The third-order valence-corrected chi connectivity index (χ3v) is 15.2. The van der Waals surface area contributed by atoms with Gasteiger partial charge in [0.25, 0.3) is 0 Å². The number of piperazine rings is 1. The highest BCUT2D eigenvalue weighted by Gasteiger charge is 2.67. The molecule has 4 aromatic rings. The second-order valence-electron chi connectivity index (χ2n) is 16.6. The number of hydrogen-bond donors (Lipinski definition) is 3. The molecule has 57 heavy (non-hydrogen) atoms. The fourth-order valence-electron chi connectivity index (χ4n) is 11.5. The molecule has 8 atom stereocenters. The lowest BCUT2D eigenvalue weighted by Crippen LogP contribution is -2.74. The van der Waals surface area contributed by atoms with Crippen molar-refractivity contribution < 1.29 is 38.4 Å². The summed E-state index contributed by atoms with van der Waals surface area (Å²) < 4.78 is 31.0. The van der Waals surface area contributed by atoms with Crippen LogP contribution in [0.3, 0.4) is 0 Å². The molecule has 2 fully saturated rings. The van der Waals surface area contributed by atoms with Gasteiger partial charge in [0.1, 0.15) is 18.4 Å². The number of H-pyrrole nitrogens is 1. The number of likely N-dealkylation sites (N-methyl/N-ethyl adjacent to an activating group) is 1. The lowest BCUT2D eigenvalue weighted by atomic mass is 9.65. The zero-order chi connectivity index (χ0) is 39.9. The van der Waals surface area contributed by atoms with Crippen LogP contribution in [0, 0.1) is 25.2 Å². The Morgan fingerprint density at radius 1 is 1.11 bits per heavy atom. The average molecular weight is 792 g/mol. The second kappa shape index (κ2) is 12.5. The number of benzene rings is 3. The largest absolute Gasteiger partial charge is 0.504 e. The molecule has 1 spiro atoms. The number of carbonyl (C=O) groups is 2. The van der Waals surface area contributed by atoms with E-state index < -0.39 is 46.4 Å². The number of esters is 2. The van der Waals surface area contributed by atoms with Crippen LogP contribution >= 0.6 is 11.8 Å². The SMILES string of the molecule is COc1c(C)cc2c(c1O)[C@@H]1N(C)[C@H](C2)C(C#N)N2[C@H]3COC(=O)[C@]4(CS[C@H](c5c(OC(C)=O)c(C)c6c(c53)OCO6)[C@@]12C)N[C@H](C)Cc1c4[nH]c2ccccc12. The van der Waals surface area contributed by atoms with Crippen molar-refractivity contribution in [3.05, 3.63) is 75.0 Å². The predicted molar refractivity (Wildman–Crippen MR) is 211 cm³/mol. The highest BCUT2D eigenvalue weighted by atomic mass is 32.2. The number of fused-ring (bicyclic) bond motifs is 11. The maximum absolute atomic E-state index is 15.1. The molecule has 4 bridgehead atoms. The van der Waals surface area contributed by atoms with Gasteiger partial charge in [0.2, 0.25) is 6.79 Å². The number of methoxy groups -OCH3 is 1. The molecule has 13 nitrogen and oxygen atoms in total. The van der Waals surface area contributed by atoms with E-state index in [1.54, 1.807) is 18.9 Å². The van der Waals surface area contributed by atoms with E-state index >= 15 is 4.79 Å². The van der Waals surface area contributed by atoms with Crippen LogP contribution in [0.25, 0.3) is 10.9 Å². The molecule has 0 amide bonds. The first-order valence-corrected chi connectivity index (χ1v) is 20.5. The van der Waals surface area contributed by atoms with E-state index in [1.165, 1.54) is 6.92 Å². The summed E-state index contributed by atoms with van der Waals surface area (Å²) >= 11 is 1.56. The van der Waals surface area contributed by atoms with Crippen LogP contribution in [-0.4, -0.2) is 88.8 Å². The summed E-state index contributed by atoms with van der Waals surface area (Å²) in [7, 11) is 3.58. The van der Waals surface area contributed by atoms with Crippen molar-refractivity contribution in [2.45, 2.75) is 94.0 Å². The maximum atomic E-state index is 15.1. The highest BCUT2D eigenvalue weighted by molar-refractivity contribution is 7.99. The molecule has 3 N–H and O–H groups in total. The molecule has 1 unspecified atom stereocenters. The van der Waals surface area contributed by atoms with Crippen molar-refractivity contribution in [3.63, 3.8) is 0 Å². The lowest BCUT2D eigenvalue weighted by molar-refractivity contribution is -0.165. The quantitative estimate of drug-likeness (QED) is 0.172. The number of phenolic OH excluding ortho intramolecular Hbond substituents is 1. The molecule has 0 aliphatic carbocycles. The van der Waals surface area contributed by atoms with Crippen molar-refractivity contribution >= 4 is 34.6 Å². The number of thioether (sulfide) groups is 1. The molecule has 1 aromatic heterocycles. The van der Waals surface area contributed by atoms with Gasteiger partial charge in [-0.05, 0) is 70.3 Å². The molecule has 0 radical (unpaired) electrons. The number of aromatic nitrogens is 1. The smallest absolute Gasteiger partial charge is 0.333 e. The number of phenols is 1. The normalized spacial score (nSPS) is 31.2. The molecular weight excluding hydrogens is 747 g/mol. The predicted octanol–water partition coefficient (Wildman–Crippen LogP) is 5.53. The minimum atomic E-state index is -1.28. The topological polar surface area (TPSA) is 159 Å². The molecule has 3 aromatic carbocycles. The second-order valence-corrected chi connectivity index (χ2v) is 17.7. The first-order chi connectivity index (χ1) is 27.3. The summed E-state index contributed by atoms with van der Waals surface area (Å²) in [5, 5.41) is 27.7. The van der Waals surface area contributed by atoms with Gasteiger partial charge in [-0.3, -0.25) is 19.9 Å². The number of nitrogens with zero attached hydrogens (tertiary/aromatic N) is 3. The number of para-hydroxylation sites is 1. The van der Waals surface area contributed by atoms with Crippen LogP contribution in [0.5, 0.6) is 28.7 Å². The van der Waals surface area contributed by atoms with Crippen molar-refractivity contribution in [2.24, 2.45) is 0 Å². The zero-order valence-electron chi connectivity index (χ0n) is 32.9. The van der Waals surface area contributed by atoms with E-state index in [0.29, 0.717) is 47.0 Å². The van der Waals surface area contributed by atoms with Crippen molar-refractivity contribution in [3.8, 4) is 34.8 Å². The number of ether oxygens (including phenoxy) is 5. The molecule has 7 aliphatic rings. The summed E-state index contributed by atoms with van der Waals surface area (Å²) in [6.45, 7) is 9.21. The minimum Gasteiger partial charge on any atom is -0.504 e. The highest BCUT2D eigenvalue weighted by Crippen LogP contribution is 2.68. The zero-order valence-corrected chi connectivity index (χ0v) is 33.8. The van der Waals surface area contributed by atoms with E-state index in [0.717, 1.165) is 44.4 Å². The Bertz CT molecular complexity index is 2480. The van der Waals surface area contributed by atoms with Gasteiger partial charge in [0.15, 0.2) is 28.5 Å². The van der Waals surface area contributed by atoms with E-state index in [2.05, 4.69) is 52.2 Å². The van der Waals surface area contributed by atoms with Gasteiger partial charge in [0.05, 0.1) is 41.7 Å². The standard InChI is InChI=1S/C43H45N5O8S/c1-19-12-23-14-27-28(15-44)48-29-16-53-41(51)43(38-25(13-20(2)46-43)24-10-8-9-11-26(24)45-38)17-57-40(42(48,5)39(47(27)6)30(23)33(50)34(19)52-7)32-31(29)37-36(54-18-55-37)21(3)35(32)56-22(4)49/h8-12,20,27-29,39-40,45-46,50H,13-14,16-18H2,1-7H3/t20-,27-,28?,29+,39+,40-,42-,43-/m1/s1. The summed E-state index contributed by atoms with van der Waals surface area (Å²) in [5.41, 5.74) is 4.99. The van der Waals surface area contributed by atoms with Crippen LogP contribution in [0.1, 0.15) is 82.7 Å². The van der Waals surface area contributed by atoms with E-state index in [9.17, 15) is 15.2 Å². The number of rotatable bonds is 2. The number of aryl methyl sites for hydroxylation is 1. The summed E-state index contributed by atoms with van der Waals surface area (Å²) in [6, 6.07) is 10.6. The number of nitrogens with one attached hydrogen (secondary N) is 2. The van der Waals surface area contributed by atoms with Gasteiger partial charge in [0, 0.05) is 57.9 Å². The Balaban J connectivity index is 1.28. The molecule has 0 saturated carbocycles. The molecule has 7 aliphatic heterocycles. The minimum absolute atomic E-state index is 0.0438. The van der Waals surface area contributed by atoms with Crippen molar-refractivity contribution in [2.75, 3.05) is 33.3 Å².